The summed E-state index contributed by atoms with van der Waals surface area (Å²) in [7, 11) is 0. The number of hydrogen-bond donors (Lipinski definition) is 3. The van der Waals surface area contributed by atoms with Gasteiger partial charge in [0, 0.05) is 11.8 Å². The zero-order chi connectivity index (χ0) is 13.7. The first-order valence-electron chi connectivity index (χ1n) is 6.24. The number of hydrazine groups is 1. The smallest absolute Gasteiger partial charge is 0.148 e. The Labute approximate surface area is 112 Å². The standard InChI is InChI=1S/C13H18N6/c1-3-10-12(16-8-17-13(10)19-14)18-9(2)11-6-4-5-7-15-11/h4-9H,3,14H2,1-2H3,(H2,16,17,18,19). The van der Waals surface area contributed by atoms with Crippen molar-refractivity contribution >= 4 is 11.6 Å². The molecule has 0 radical (unpaired) electrons. The lowest BCUT2D eigenvalue weighted by Gasteiger charge is -2.17. The molecule has 2 aromatic rings. The number of nitrogens with zero attached hydrogens (tertiary/aromatic N) is 3. The summed E-state index contributed by atoms with van der Waals surface area (Å²) >= 11 is 0. The largest absolute Gasteiger partial charge is 0.362 e. The summed E-state index contributed by atoms with van der Waals surface area (Å²) in [5.74, 6) is 6.88. The molecule has 6 heteroatoms. The van der Waals surface area contributed by atoms with E-state index in [9.17, 15) is 0 Å². The van der Waals surface area contributed by atoms with Gasteiger partial charge in [-0.15, -0.1) is 0 Å². The molecule has 2 rings (SSSR count). The summed E-state index contributed by atoms with van der Waals surface area (Å²) in [5.41, 5.74) is 4.52. The van der Waals surface area contributed by atoms with Crippen LogP contribution in [0.4, 0.5) is 11.6 Å². The van der Waals surface area contributed by atoms with Crippen molar-refractivity contribution in [3.63, 3.8) is 0 Å². The molecule has 19 heavy (non-hydrogen) atoms. The fourth-order valence-corrected chi connectivity index (χ4v) is 1.91. The number of nitrogens with one attached hydrogen (secondary N) is 2. The highest BCUT2D eigenvalue weighted by molar-refractivity contribution is 5.57. The normalized spacial score (nSPS) is 11.9. The predicted molar refractivity (Wildman–Crippen MR) is 75.5 cm³/mol. The van der Waals surface area contributed by atoms with Gasteiger partial charge in [0.15, 0.2) is 0 Å². The molecule has 0 aliphatic rings. The van der Waals surface area contributed by atoms with Crippen molar-refractivity contribution in [2.75, 3.05) is 10.7 Å². The summed E-state index contributed by atoms with van der Waals surface area (Å²) in [4.78, 5) is 12.7. The van der Waals surface area contributed by atoms with Gasteiger partial charge in [0.1, 0.15) is 18.0 Å². The van der Waals surface area contributed by atoms with E-state index >= 15 is 0 Å². The Hall–Kier alpha value is -2.21. The molecule has 0 bridgehead atoms. The number of nitrogens with two attached hydrogens (primary N) is 1. The third kappa shape index (κ3) is 2.97. The van der Waals surface area contributed by atoms with Crippen molar-refractivity contribution < 1.29 is 0 Å². The van der Waals surface area contributed by atoms with Crippen LogP contribution in [0.3, 0.4) is 0 Å². The van der Waals surface area contributed by atoms with Crippen LogP contribution in [0.25, 0.3) is 0 Å². The lowest BCUT2D eigenvalue weighted by Crippen LogP contribution is -2.16. The van der Waals surface area contributed by atoms with E-state index < -0.39 is 0 Å². The van der Waals surface area contributed by atoms with Gasteiger partial charge in [0.05, 0.1) is 11.7 Å². The molecular formula is C13H18N6. The van der Waals surface area contributed by atoms with E-state index in [0.717, 1.165) is 23.5 Å². The number of anilines is 2. The maximum Gasteiger partial charge on any atom is 0.148 e. The first-order valence-corrected chi connectivity index (χ1v) is 6.24. The number of rotatable bonds is 5. The molecule has 0 saturated carbocycles. The van der Waals surface area contributed by atoms with Crippen LogP contribution < -0.4 is 16.6 Å². The van der Waals surface area contributed by atoms with Crippen LogP contribution in [0.1, 0.15) is 31.1 Å². The number of aromatic nitrogens is 3. The fourth-order valence-electron chi connectivity index (χ4n) is 1.91. The molecule has 100 valence electrons. The summed E-state index contributed by atoms with van der Waals surface area (Å²) in [6.07, 6.45) is 4.06. The maximum atomic E-state index is 5.46. The maximum absolute atomic E-state index is 5.46. The lowest BCUT2D eigenvalue weighted by atomic mass is 10.1. The van der Waals surface area contributed by atoms with Crippen LogP contribution in [-0.4, -0.2) is 15.0 Å². The molecule has 0 saturated heterocycles. The first kappa shape index (κ1) is 13.2. The van der Waals surface area contributed by atoms with Crippen molar-refractivity contribution in [3.8, 4) is 0 Å². The average Bonchev–Trinajstić information content (AvgIpc) is 2.47. The molecular weight excluding hydrogens is 240 g/mol. The molecule has 0 fully saturated rings. The highest BCUT2D eigenvalue weighted by atomic mass is 15.3. The molecule has 0 aromatic carbocycles. The molecule has 1 unspecified atom stereocenters. The first-order chi connectivity index (χ1) is 9.26. The molecule has 0 aliphatic heterocycles. The minimum absolute atomic E-state index is 0.0621. The van der Waals surface area contributed by atoms with Crippen molar-refractivity contribution in [2.45, 2.75) is 26.3 Å². The molecule has 1 atom stereocenters. The highest BCUT2D eigenvalue weighted by Crippen LogP contribution is 2.23. The van der Waals surface area contributed by atoms with Gasteiger partial charge in [0.25, 0.3) is 0 Å². The molecule has 0 amide bonds. The zero-order valence-corrected chi connectivity index (χ0v) is 11.1. The summed E-state index contributed by atoms with van der Waals surface area (Å²) < 4.78 is 0. The van der Waals surface area contributed by atoms with Crippen LogP contribution in [-0.2, 0) is 6.42 Å². The Bertz CT molecular complexity index is 528. The van der Waals surface area contributed by atoms with E-state index in [0.29, 0.717) is 5.82 Å². The van der Waals surface area contributed by atoms with Crippen LogP contribution in [0.15, 0.2) is 30.7 Å². The summed E-state index contributed by atoms with van der Waals surface area (Å²) in [6.45, 7) is 4.08. The van der Waals surface area contributed by atoms with E-state index in [1.54, 1.807) is 6.20 Å². The van der Waals surface area contributed by atoms with E-state index in [-0.39, 0.29) is 6.04 Å². The van der Waals surface area contributed by atoms with Gasteiger partial charge in [0.2, 0.25) is 0 Å². The highest BCUT2D eigenvalue weighted by Gasteiger charge is 2.12. The predicted octanol–water partition coefficient (Wildman–Crippen LogP) is 1.89. The van der Waals surface area contributed by atoms with Crippen LogP contribution >= 0.6 is 0 Å². The summed E-state index contributed by atoms with van der Waals surface area (Å²) in [6, 6.07) is 5.90. The van der Waals surface area contributed by atoms with E-state index in [1.165, 1.54) is 6.33 Å². The molecule has 2 aromatic heterocycles. The van der Waals surface area contributed by atoms with Gasteiger partial charge in [-0.05, 0) is 25.5 Å². The van der Waals surface area contributed by atoms with Crippen molar-refractivity contribution in [1.82, 2.24) is 15.0 Å². The minimum atomic E-state index is 0.0621. The molecule has 4 N–H and O–H groups in total. The average molecular weight is 258 g/mol. The molecule has 2 heterocycles. The molecule has 6 nitrogen and oxygen atoms in total. The minimum Gasteiger partial charge on any atom is -0.362 e. The Kier molecular flexibility index (Phi) is 4.25. The summed E-state index contributed by atoms with van der Waals surface area (Å²) in [5, 5.41) is 3.34. The van der Waals surface area contributed by atoms with Gasteiger partial charge in [-0.3, -0.25) is 4.98 Å². The SMILES string of the molecule is CCc1c(NN)ncnc1NC(C)c1ccccn1. The van der Waals surface area contributed by atoms with E-state index in [4.69, 9.17) is 5.84 Å². The second-order valence-corrected chi connectivity index (χ2v) is 4.17. The van der Waals surface area contributed by atoms with Crippen molar-refractivity contribution in [2.24, 2.45) is 5.84 Å². The van der Waals surface area contributed by atoms with Gasteiger partial charge >= 0.3 is 0 Å². The monoisotopic (exact) mass is 258 g/mol. The van der Waals surface area contributed by atoms with Crippen LogP contribution in [0.2, 0.25) is 0 Å². The van der Waals surface area contributed by atoms with Crippen LogP contribution in [0, 0.1) is 0 Å². The molecule has 0 spiro atoms. The van der Waals surface area contributed by atoms with Crippen molar-refractivity contribution in [1.29, 1.82) is 0 Å². The van der Waals surface area contributed by atoms with E-state index in [1.807, 2.05) is 32.0 Å². The third-order valence-electron chi connectivity index (χ3n) is 2.92. The van der Waals surface area contributed by atoms with E-state index in [2.05, 4.69) is 25.7 Å². The topological polar surface area (TPSA) is 88.8 Å². The number of nitrogen functional groups attached to an aromatic ring is 1. The Morgan fingerprint density at radius 3 is 2.63 bits per heavy atom. The third-order valence-corrected chi connectivity index (χ3v) is 2.92. The van der Waals surface area contributed by atoms with Gasteiger partial charge < -0.3 is 10.7 Å². The van der Waals surface area contributed by atoms with Crippen LogP contribution in [0.5, 0.6) is 0 Å². The Morgan fingerprint density at radius 1 is 1.21 bits per heavy atom. The Morgan fingerprint density at radius 2 is 2.00 bits per heavy atom. The number of hydrogen-bond acceptors (Lipinski definition) is 6. The Balaban J connectivity index is 2.24. The van der Waals surface area contributed by atoms with Gasteiger partial charge in [-0.2, -0.15) is 0 Å². The van der Waals surface area contributed by atoms with Gasteiger partial charge in [-0.1, -0.05) is 13.0 Å². The second-order valence-electron chi connectivity index (χ2n) is 4.17. The number of pyridine rings is 1. The fraction of sp³-hybridized carbons (Fsp3) is 0.308. The van der Waals surface area contributed by atoms with Crippen molar-refractivity contribution in [3.05, 3.63) is 42.0 Å². The quantitative estimate of drug-likeness (QED) is 0.560. The van der Waals surface area contributed by atoms with Gasteiger partial charge in [-0.25, -0.2) is 15.8 Å². The molecule has 0 aliphatic carbocycles. The zero-order valence-electron chi connectivity index (χ0n) is 11.1. The second kappa shape index (κ2) is 6.10. The lowest BCUT2D eigenvalue weighted by molar-refractivity contribution is 0.824.